The molecule has 24 heavy (non-hydrogen) atoms. The van der Waals surface area contributed by atoms with Crippen LogP contribution in [0.2, 0.25) is 0 Å². The van der Waals surface area contributed by atoms with E-state index in [0.29, 0.717) is 12.3 Å². The lowest BCUT2D eigenvalue weighted by Crippen LogP contribution is -2.27. The molecule has 0 radical (unpaired) electrons. The Morgan fingerprint density at radius 1 is 1.04 bits per heavy atom. The van der Waals surface area contributed by atoms with E-state index in [0.717, 1.165) is 21.5 Å². The van der Waals surface area contributed by atoms with E-state index in [2.05, 4.69) is 36.2 Å². The van der Waals surface area contributed by atoms with Crippen molar-refractivity contribution >= 4 is 28.6 Å². The normalized spacial score (nSPS) is 10.8. The van der Waals surface area contributed by atoms with Crippen LogP contribution in [0.3, 0.4) is 0 Å². The number of aryl methyl sites for hydroxylation is 1. The lowest BCUT2D eigenvalue weighted by Gasteiger charge is -2.17. The van der Waals surface area contributed by atoms with E-state index < -0.39 is 0 Å². The Hall–Kier alpha value is -2.33. The molecule has 0 aliphatic carbocycles. The Morgan fingerprint density at radius 3 is 2.58 bits per heavy atom. The molecule has 1 aromatic heterocycles. The van der Waals surface area contributed by atoms with E-state index >= 15 is 0 Å². The van der Waals surface area contributed by atoms with Gasteiger partial charge >= 0.3 is 0 Å². The highest BCUT2D eigenvalue weighted by molar-refractivity contribution is 7.99. The monoisotopic (exact) mass is 336 g/mol. The number of carbonyl (C=O) groups is 1. The largest absolute Gasteiger partial charge is 0.341 e. The quantitative estimate of drug-likeness (QED) is 0.652. The number of aromatic nitrogens is 1. The fraction of sp³-hybridized carbons (Fsp3) is 0.200. The minimum atomic E-state index is 0.107. The van der Waals surface area contributed by atoms with Crippen molar-refractivity contribution in [3.8, 4) is 0 Å². The topological polar surface area (TPSA) is 33.2 Å². The van der Waals surface area contributed by atoms with Crippen molar-refractivity contribution in [3.63, 3.8) is 0 Å². The highest BCUT2D eigenvalue weighted by atomic mass is 32.2. The van der Waals surface area contributed by atoms with E-state index in [1.54, 1.807) is 4.90 Å². The van der Waals surface area contributed by atoms with Gasteiger partial charge in [0.25, 0.3) is 0 Å². The number of para-hydroxylation sites is 1. The van der Waals surface area contributed by atoms with Crippen molar-refractivity contribution in [1.82, 2.24) is 9.88 Å². The second-order valence-electron chi connectivity index (χ2n) is 5.87. The van der Waals surface area contributed by atoms with Gasteiger partial charge in [-0.25, -0.2) is 4.98 Å². The van der Waals surface area contributed by atoms with Gasteiger partial charge in [0.1, 0.15) is 0 Å². The number of benzene rings is 2. The minimum absolute atomic E-state index is 0.107. The molecule has 0 unspecified atom stereocenters. The molecule has 0 spiro atoms. The first-order chi connectivity index (χ1) is 11.6. The Bertz CT molecular complexity index is 846. The third kappa shape index (κ3) is 4.15. The molecule has 2 aromatic carbocycles. The van der Waals surface area contributed by atoms with Gasteiger partial charge in [-0.1, -0.05) is 65.9 Å². The zero-order chi connectivity index (χ0) is 16.9. The number of rotatable bonds is 5. The fourth-order valence-electron chi connectivity index (χ4n) is 2.43. The Kier molecular flexibility index (Phi) is 5.16. The van der Waals surface area contributed by atoms with Gasteiger partial charge in [0.2, 0.25) is 5.91 Å². The van der Waals surface area contributed by atoms with Crippen molar-refractivity contribution in [1.29, 1.82) is 0 Å². The summed E-state index contributed by atoms with van der Waals surface area (Å²) in [6.07, 6.45) is 0. The lowest BCUT2D eigenvalue weighted by atomic mass is 10.1. The van der Waals surface area contributed by atoms with Gasteiger partial charge in [-0.3, -0.25) is 4.79 Å². The molecule has 122 valence electrons. The van der Waals surface area contributed by atoms with Gasteiger partial charge < -0.3 is 4.90 Å². The highest BCUT2D eigenvalue weighted by Gasteiger charge is 2.10. The molecule has 0 aliphatic heterocycles. The van der Waals surface area contributed by atoms with Crippen molar-refractivity contribution in [2.75, 3.05) is 12.8 Å². The van der Waals surface area contributed by atoms with Crippen molar-refractivity contribution in [2.24, 2.45) is 0 Å². The zero-order valence-corrected chi connectivity index (χ0v) is 14.7. The summed E-state index contributed by atoms with van der Waals surface area (Å²) in [6.45, 7) is 2.69. The summed E-state index contributed by atoms with van der Waals surface area (Å²) in [6, 6.07) is 20.3. The highest BCUT2D eigenvalue weighted by Crippen LogP contribution is 2.20. The van der Waals surface area contributed by atoms with Crippen LogP contribution in [0.15, 0.2) is 65.7 Å². The third-order valence-electron chi connectivity index (χ3n) is 3.88. The third-order valence-corrected chi connectivity index (χ3v) is 4.80. The number of fused-ring (bicyclic) bond motifs is 1. The first-order valence-electron chi connectivity index (χ1n) is 7.90. The van der Waals surface area contributed by atoms with E-state index in [4.69, 9.17) is 0 Å². The van der Waals surface area contributed by atoms with E-state index in [1.165, 1.54) is 17.3 Å². The molecule has 3 rings (SSSR count). The summed E-state index contributed by atoms with van der Waals surface area (Å²) < 4.78 is 0. The maximum absolute atomic E-state index is 12.3. The molecular formula is C20H20N2OS. The number of nitrogens with zero attached hydrogens (tertiary/aromatic N) is 2. The maximum Gasteiger partial charge on any atom is 0.233 e. The Labute approximate surface area is 146 Å². The number of hydrogen-bond acceptors (Lipinski definition) is 3. The van der Waals surface area contributed by atoms with Gasteiger partial charge in [0.05, 0.1) is 16.3 Å². The molecule has 1 amide bonds. The maximum atomic E-state index is 12.3. The molecule has 0 saturated heterocycles. The molecular weight excluding hydrogens is 316 g/mol. The van der Waals surface area contributed by atoms with Crippen LogP contribution in [-0.2, 0) is 11.3 Å². The molecule has 0 atom stereocenters. The Balaban J connectivity index is 1.58. The van der Waals surface area contributed by atoms with Crippen molar-refractivity contribution in [2.45, 2.75) is 18.5 Å². The molecule has 0 aliphatic rings. The van der Waals surface area contributed by atoms with Crippen LogP contribution in [0.1, 0.15) is 11.1 Å². The molecule has 0 bridgehead atoms. The summed E-state index contributed by atoms with van der Waals surface area (Å²) in [5.41, 5.74) is 3.33. The molecule has 3 nitrogen and oxygen atoms in total. The number of carbonyl (C=O) groups excluding carboxylic acids is 1. The first-order valence-corrected chi connectivity index (χ1v) is 8.88. The fourth-order valence-corrected chi connectivity index (χ4v) is 3.25. The van der Waals surface area contributed by atoms with E-state index in [9.17, 15) is 4.79 Å². The van der Waals surface area contributed by atoms with Crippen LogP contribution in [0, 0.1) is 6.92 Å². The summed E-state index contributed by atoms with van der Waals surface area (Å²) in [4.78, 5) is 18.7. The number of thioether (sulfide) groups is 1. The molecule has 1 heterocycles. The Morgan fingerprint density at radius 2 is 1.79 bits per heavy atom. The van der Waals surface area contributed by atoms with Crippen LogP contribution >= 0.6 is 11.8 Å². The predicted molar refractivity (Wildman–Crippen MR) is 100 cm³/mol. The van der Waals surface area contributed by atoms with Crippen LogP contribution in [0.25, 0.3) is 10.9 Å². The average Bonchev–Trinajstić information content (AvgIpc) is 2.61. The smallest absolute Gasteiger partial charge is 0.233 e. The second-order valence-corrected chi connectivity index (χ2v) is 6.86. The van der Waals surface area contributed by atoms with Crippen LogP contribution < -0.4 is 0 Å². The van der Waals surface area contributed by atoms with E-state index in [1.807, 2.05) is 43.4 Å². The molecule has 4 heteroatoms. The predicted octanol–water partition coefficient (Wildman–Crippen LogP) is 4.29. The second kappa shape index (κ2) is 7.49. The van der Waals surface area contributed by atoms with Gasteiger partial charge in [0.15, 0.2) is 0 Å². The molecule has 0 saturated carbocycles. The number of amides is 1. The van der Waals surface area contributed by atoms with Crippen molar-refractivity contribution < 1.29 is 4.79 Å². The molecule has 3 aromatic rings. The van der Waals surface area contributed by atoms with Gasteiger partial charge in [-0.05, 0) is 24.6 Å². The summed E-state index contributed by atoms with van der Waals surface area (Å²) in [5, 5.41) is 2.00. The average molecular weight is 336 g/mol. The SMILES string of the molecule is Cc1ccc(CN(C)C(=O)CSc2ccc3ccccc3n2)cc1. The summed E-state index contributed by atoms with van der Waals surface area (Å²) >= 11 is 1.48. The summed E-state index contributed by atoms with van der Waals surface area (Å²) in [5.74, 6) is 0.504. The van der Waals surface area contributed by atoms with Gasteiger partial charge in [-0.2, -0.15) is 0 Å². The summed E-state index contributed by atoms with van der Waals surface area (Å²) in [7, 11) is 1.84. The first kappa shape index (κ1) is 16.5. The van der Waals surface area contributed by atoms with Gasteiger partial charge in [-0.15, -0.1) is 0 Å². The van der Waals surface area contributed by atoms with Crippen LogP contribution in [0.4, 0.5) is 0 Å². The minimum Gasteiger partial charge on any atom is -0.341 e. The van der Waals surface area contributed by atoms with Crippen LogP contribution in [0.5, 0.6) is 0 Å². The molecule has 0 fully saturated rings. The standard InChI is InChI=1S/C20H20N2OS/c1-15-7-9-16(10-8-15)13-22(2)20(23)14-24-19-12-11-17-5-3-4-6-18(17)21-19/h3-12H,13-14H2,1-2H3. The van der Waals surface area contributed by atoms with E-state index in [-0.39, 0.29) is 5.91 Å². The number of pyridine rings is 1. The molecule has 0 N–H and O–H groups in total. The zero-order valence-electron chi connectivity index (χ0n) is 13.9. The lowest BCUT2D eigenvalue weighted by molar-refractivity contribution is -0.127. The van der Waals surface area contributed by atoms with Crippen LogP contribution in [-0.4, -0.2) is 28.6 Å². The van der Waals surface area contributed by atoms with Crippen molar-refractivity contribution in [3.05, 3.63) is 71.8 Å². The van der Waals surface area contributed by atoms with Gasteiger partial charge in [0, 0.05) is 19.0 Å². The number of hydrogen-bond donors (Lipinski definition) is 0.